The van der Waals surface area contributed by atoms with Crippen LogP contribution >= 0.6 is 11.3 Å². The van der Waals surface area contributed by atoms with E-state index in [1.807, 2.05) is 0 Å². The van der Waals surface area contributed by atoms with Gasteiger partial charge in [-0.05, 0) is 25.3 Å². The van der Waals surface area contributed by atoms with E-state index in [-0.39, 0.29) is 12.0 Å². The molecule has 1 atom stereocenters. The van der Waals surface area contributed by atoms with Crippen molar-refractivity contribution in [2.75, 3.05) is 32.2 Å². The second kappa shape index (κ2) is 9.84. The van der Waals surface area contributed by atoms with Gasteiger partial charge in [0.25, 0.3) is 0 Å². The average molecular weight is 445 g/mol. The molecule has 2 aliphatic rings. The molecular formula is C22H28N4O4S. The quantitative estimate of drug-likeness (QED) is 0.671. The second-order valence-corrected chi connectivity index (χ2v) is 9.19. The Morgan fingerprint density at radius 3 is 2.77 bits per heavy atom. The number of nitrogens with zero attached hydrogens (tertiary/aromatic N) is 3. The molecule has 1 amide bonds. The molecule has 1 saturated heterocycles. The molecule has 0 radical (unpaired) electrons. The van der Waals surface area contributed by atoms with Gasteiger partial charge in [-0.15, -0.1) is 10.2 Å². The van der Waals surface area contributed by atoms with E-state index in [2.05, 4.69) is 51.9 Å². The van der Waals surface area contributed by atoms with Gasteiger partial charge in [0.05, 0.1) is 17.7 Å². The highest BCUT2D eigenvalue weighted by Crippen LogP contribution is 2.39. The lowest BCUT2D eigenvalue weighted by Crippen LogP contribution is -2.43. The van der Waals surface area contributed by atoms with Crippen LogP contribution in [0.15, 0.2) is 29.4 Å². The fourth-order valence-corrected chi connectivity index (χ4v) is 4.72. The minimum Gasteiger partial charge on any atom is -0.392 e. The number of aryl methyl sites for hydroxylation is 1. The van der Waals surface area contributed by atoms with Crippen molar-refractivity contribution in [2.45, 2.75) is 45.1 Å². The van der Waals surface area contributed by atoms with Gasteiger partial charge in [0, 0.05) is 39.6 Å². The Morgan fingerprint density at radius 1 is 1.26 bits per heavy atom. The lowest BCUT2D eigenvalue weighted by molar-refractivity contribution is -0.134. The van der Waals surface area contributed by atoms with E-state index in [4.69, 9.17) is 14.3 Å². The van der Waals surface area contributed by atoms with Gasteiger partial charge in [0.15, 0.2) is 0 Å². The third-order valence-electron chi connectivity index (χ3n) is 5.88. The number of benzene rings is 1. The van der Waals surface area contributed by atoms with E-state index in [1.165, 1.54) is 16.9 Å². The molecule has 4 rings (SSSR count). The van der Waals surface area contributed by atoms with Crippen LogP contribution in [0.25, 0.3) is 0 Å². The van der Waals surface area contributed by atoms with Crippen LogP contribution < -0.4 is 5.32 Å². The van der Waals surface area contributed by atoms with Crippen molar-refractivity contribution in [2.24, 2.45) is 10.6 Å². The topological polar surface area (TPSA) is 94.9 Å². The van der Waals surface area contributed by atoms with Crippen LogP contribution in [0.1, 0.15) is 41.8 Å². The number of anilines is 1. The Balaban J connectivity index is 1.41. The molecule has 0 bridgehead atoms. The summed E-state index contributed by atoms with van der Waals surface area (Å²) in [6.07, 6.45) is 3.13. The molecule has 2 aromatic rings. The Morgan fingerprint density at radius 2 is 2.03 bits per heavy atom. The van der Waals surface area contributed by atoms with Crippen LogP contribution in [-0.2, 0) is 25.5 Å². The Labute approximate surface area is 186 Å². The average Bonchev–Trinajstić information content (AvgIpc) is 3.43. The van der Waals surface area contributed by atoms with E-state index in [0.29, 0.717) is 57.1 Å². The third-order valence-corrected chi connectivity index (χ3v) is 6.77. The normalized spacial score (nSPS) is 20.2. The van der Waals surface area contributed by atoms with Crippen molar-refractivity contribution in [3.05, 3.63) is 40.4 Å². The molecule has 1 N–H and O–H groups in total. The number of ether oxygens (including phenoxy) is 2. The minimum absolute atomic E-state index is 0.0439. The number of carbonyl (C=O) groups excluding carboxylic acids is 1. The van der Waals surface area contributed by atoms with E-state index < -0.39 is 5.41 Å². The highest BCUT2D eigenvalue weighted by molar-refractivity contribution is 7.15. The number of amides is 1. The van der Waals surface area contributed by atoms with Gasteiger partial charge >= 0.3 is 0 Å². The summed E-state index contributed by atoms with van der Waals surface area (Å²) in [7, 11) is 1.65. The molecule has 1 fully saturated rings. The number of carbonyl (C=O) groups is 1. The van der Waals surface area contributed by atoms with Gasteiger partial charge < -0.3 is 19.6 Å². The van der Waals surface area contributed by atoms with Crippen molar-refractivity contribution in [3.8, 4) is 0 Å². The monoisotopic (exact) mass is 444 g/mol. The lowest BCUT2D eigenvalue weighted by Gasteiger charge is -2.36. The number of methoxy groups -OCH3 is 1. The van der Waals surface area contributed by atoms with Crippen LogP contribution in [0.2, 0.25) is 0 Å². The molecule has 166 valence electrons. The van der Waals surface area contributed by atoms with Crippen molar-refractivity contribution >= 4 is 28.1 Å². The number of aromatic nitrogens is 2. The summed E-state index contributed by atoms with van der Waals surface area (Å²) in [4.78, 5) is 19.1. The first-order valence-corrected chi connectivity index (χ1v) is 11.4. The molecular weight excluding hydrogens is 416 g/mol. The molecule has 1 aromatic carbocycles. The largest absolute Gasteiger partial charge is 0.392 e. The zero-order valence-corrected chi connectivity index (χ0v) is 18.7. The summed E-state index contributed by atoms with van der Waals surface area (Å²) in [5.41, 5.74) is 2.63. The maximum Gasteiger partial charge on any atom is 0.232 e. The SMILES string of the molecule is COCCc1nnc(NC(=O)C2(CC3CC(c4ccc(C)cc4)=NO3)CCOCC2)s1. The third kappa shape index (κ3) is 5.28. The van der Waals surface area contributed by atoms with Crippen LogP contribution in [0.4, 0.5) is 5.13 Å². The summed E-state index contributed by atoms with van der Waals surface area (Å²) < 4.78 is 10.6. The number of nitrogens with one attached hydrogen (secondary N) is 1. The standard InChI is InChI=1S/C22H28N4O4S/c1-15-3-5-16(6-4-15)18-13-17(30-26-18)14-22(8-11-29-12-9-22)20(27)23-21-25-24-19(31-21)7-10-28-2/h3-6,17H,7-14H2,1-2H3,(H,23,25,27). The molecule has 2 aliphatic heterocycles. The van der Waals surface area contributed by atoms with Crippen LogP contribution in [0.3, 0.4) is 0 Å². The van der Waals surface area contributed by atoms with Crippen LogP contribution in [-0.4, -0.2) is 54.9 Å². The summed E-state index contributed by atoms with van der Waals surface area (Å²) in [5.74, 6) is -0.0439. The molecule has 8 nitrogen and oxygen atoms in total. The van der Waals surface area contributed by atoms with Crippen LogP contribution in [0, 0.1) is 12.3 Å². The molecule has 31 heavy (non-hydrogen) atoms. The minimum atomic E-state index is -0.570. The van der Waals surface area contributed by atoms with E-state index >= 15 is 0 Å². The van der Waals surface area contributed by atoms with Gasteiger partial charge in [0.2, 0.25) is 11.0 Å². The zero-order valence-electron chi connectivity index (χ0n) is 17.9. The van der Waals surface area contributed by atoms with Gasteiger partial charge in [-0.25, -0.2) is 0 Å². The first-order valence-electron chi connectivity index (χ1n) is 10.6. The first-order chi connectivity index (χ1) is 15.1. The number of oxime groups is 1. The summed E-state index contributed by atoms with van der Waals surface area (Å²) in [5, 5.41) is 16.9. The Bertz CT molecular complexity index is 922. The van der Waals surface area contributed by atoms with Crippen molar-refractivity contribution in [3.63, 3.8) is 0 Å². The van der Waals surface area contributed by atoms with Crippen molar-refractivity contribution < 1.29 is 19.1 Å². The molecule has 0 spiro atoms. The molecule has 0 aliphatic carbocycles. The summed E-state index contributed by atoms with van der Waals surface area (Å²) in [6.45, 7) is 3.75. The van der Waals surface area contributed by atoms with E-state index in [1.54, 1.807) is 7.11 Å². The summed E-state index contributed by atoms with van der Waals surface area (Å²) >= 11 is 1.39. The Kier molecular flexibility index (Phi) is 6.94. The highest BCUT2D eigenvalue weighted by Gasteiger charge is 2.44. The molecule has 3 heterocycles. The van der Waals surface area contributed by atoms with E-state index in [9.17, 15) is 4.79 Å². The predicted octanol–water partition coefficient (Wildman–Crippen LogP) is 3.35. The molecule has 0 saturated carbocycles. The van der Waals surface area contributed by atoms with E-state index in [0.717, 1.165) is 16.3 Å². The molecule has 1 unspecified atom stereocenters. The van der Waals surface area contributed by atoms with Gasteiger partial charge in [-0.2, -0.15) is 0 Å². The molecule has 1 aromatic heterocycles. The smallest absolute Gasteiger partial charge is 0.232 e. The maximum absolute atomic E-state index is 13.3. The number of hydrogen-bond acceptors (Lipinski definition) is 8. The fourth-order valence-electron chi connectivity index (χ4n) is 4.00. The van der Waals surface area contributed by atoms with Crippen molar-refractivity contribution in [1.82, 2.24) is 10.2 Å². The maximum atomic E-state index is 13.3. The van der Waals surface area contributed by atoms with Crippen molar-refractivity contribution in [1.29, 1.82) is 0 Å². The highest BCUT2D eigenvalue weighted by atomic mass is 32.1. The lowest BCUT2D eigenvalue weighted by atomic mass is 9.74. The van der Waals surface area contributed by atoms with Gasteiger partial charge in [0.1, 0.15) is 11.1 Å². The molecule has 9 heteroatoms. The predicted molar refractivity (Wildman–Crippen MR) is 118 cm³/mol. The van der Waals surface area contributed by atoms with Crippen LogP contribution in [0.5, 0.6) is 0 Å². The number of hydrogen-bond donors (Lipinski definition) is 1. The number of rotatable bonds is 8. The second-order valence-electron chi connectivity index (χ2n) is 8.13. The summed E-state index contributed by atoms with van der Waals surface area (Å²) in [6, 6.07) is 8.27. The van der Waals surface area contributed by atoms with Gasteiger partial charge in [-0.1, -0.05) is 46.3 Å². The zero-order chi connectivity index (χ0) is 21.7. The first kappa shape index (κ1) is 21.9. The Hall–Kier alpha value is -2.36. The van der Waals surface area contributed by atoms with Gasteiger partial charge in [-0.3, -0.25) is 4.79 Å². The fraction of sp³-hybridized carbons (Fsp3) is 0.545.